The number of hydrogen-bond acceptors (Lipinski definition) is 3. The molecule has 1 aromatic rings. The molecule has 0 heterocycles. The monoisotopic (exact) mass is 263 g/mol. The molecule has 0 saturated carbocycles. The standard InChI is InChI=1S/C15H25N3O/c1-12(14(16)13-8-5-4-6-9-13)15(19)17-10-7-11-18(2)3/h4-6,8-9,12,14H,7,10-11,16H2,1-3H3,(H,17,19). The van der Waals surface area contributed by atoms with Gasteiger partial charge in [-0.1, -0.05) is 37.3 Å². The van der Waals surface area contributed by atoms with Crippen LogP contribution in [0.25, 0.3) is 0 Å². The van der Waals surface area contributed by atoms with Crippen molar-refractivity contribution in [3.05, 3.63) is 35.9 Å². The van der Waals surface area contributed by atoms with E-state index in [1.165, 1.54) is 0 Å². The summed E-state index contributed by atoms with van der Waals surface area (Å²) >= 11 is 0. The van der Waals surface area contributed by atoms with E-state index in [1.807, 2.05) is 51.4 Å². The average Bonchev–Trinajstić information content (AvgIpc) is 2.42. The number of amides is 1. The van der Waals surface area contributed by atoms with Crippen molar-refractivity contribution in [2.75, 3.05) is 27.2 Å². The number of rotatable bonds is 7. The Morgan fingerprint density at radius 3 is 2.53 bits per heavy atom. The third kappa shape index (κ3) is 5.41. The molecule has 1 rings (SSSR count). The van der Waals surface area contributed by atoms with Crippen molar-refractivity contribution in [1.29, 1.82) is 0 Å². The van der Waals surface area contributed by atoms with Crippen molar-refractivity contribution in [1.82, 2.24) is 10.2 Å². The van der Waals surface area contributed by atoms with Gasteiger partial charge in [0, 0.05) is 12.6 Å². The molecule has 0 saturated heterocycles. The first-order chi connectivity index (χ1) is 9.02. The van der Waals surface area contributed by atoms with E-state index in [1.54, 1.807) is 0 Å². The first kappa shape index (κ1) is 15.7. The van der Waals surface area contributed by atoms with Crippen LogP contribution in [-0.4, -0.2) is 38.0 Å². The molecule has 4 heteroatoms. The zero-order valence-electron chi connectivity index (χ0n) is 12.1. The second-order valence-electron chi connectivity index (χ2n) is 5.17. The van der Waals surface area contributed by atoms with E-state index in [0.717, 1.165) is 18.5 Å². The molecule has 1 amide bonds. The van der Waals surface area contributed by atoms with Gasteiger partial charge in [0.1, 0.15) is 0 Å². The maximum atomic E-state index is 12.0. The van der Waals surface area contributed by atoms with E-state index in [4.69, 9.17) is 5.73 Å². The zero-order chi connectivity index (χ0) is 14.3. The van der Waals surface area contributed by atoms with Gasteiger partial charge >= 0.3 is 0 Å². The summed E-state index contributed by atoms with van der Waals surface area (Å²) < 4.78 is 0. The third-order valence-electron chi connectivity index (χ3n) is 3.22. The van der Waals surface area contributed by atoms with Crippen molar-refractivity contribution < 1.29 is 4.79 Å². The van der Waals surface area contributed by atoms with Crippen LogP contribution in [0.2, 0.25) is 0 Å². The van der Waals surface area contributed by atoms with Gasteiger partial charge in [0.15, 0.2) is 0 Å². The van der Waals surface area contributed by atoms with Gasteiger partial charge in [-0.25, -0.2) is 0 Å². The normalized spacial score (nSPS) is 14.2. The van der Waals surface area contributed by atoms with Crippen LogP contribution < -0.4 is 11.1 Å². The van der Waals surface area contributed by atoms with Crippen LogP contribution in [0.15, 0.2) is 30.3 Å². The van der Waals surface area contributed by atoms with Crippen LogP contribution in [0.1, 0.15) is 24.9 Å². The van der Waals surface area contributed by atoms with Crippen LogP contribution in [-0.2, 0) is 4.79 Å². The van der Waals surface area contributed by atoms with Crippen LogP contribution in [0.3, 0.4) is 0 Å². The summed E-state index contributed by atoms with van der Waals surface area (Å²) in [6.45, 7) is 3.54. The molecule has 1 aromatic carbocycles. The molecule has 19 heavy (non-hydrogen) atoms. The molecule has 0 aliphatic rings. The van der Waals surface area contributed by atoms with Crippen LogP contribution in [0.5, 0.6) is 0 Å². The summed E-state index contributed by atoms with van der Waals surface area (Å²) in [5.74, 6) is -0.197. The number of carbonyl (C=O) groups is 1. The summed E-state index contributed by atoms with van der Waals surface area (Å²) in [6.07, 6.45) is 0.950. The molecule has 0 aromatic heterocycles. The number of hydrogen-bond donors (Lipinski definition) is 2. The minimum Gasteiger partial charge on any atom is -0.356 e. The van der Waals surface area contributed by atoms with E-state index in [2.05, 4.69) is 10.2 Å². The molecule has 2 atom stereocenters. The van der Waals surface area contributed by atoms with Crippen molar-refractivity contribution in [3.8, 4) is 0 Å². The molecule has 0 spiro atoms. The molecule has 3 N–H and O–H groups in total. The van der Waals surface area contributed by atoms with Crippen molar-refractivity contribution >= 4 is 5.91 Å². The predicted octanol–water partition coefficient (Wildman–Crippen LogP) is 1.39. The summed E-state index contributed by atoms with van der Waals surface area (Å²) in [5.41, 5.74) is 7.12. The number of benzene rings is 1. The van der Waals surface area contributed by atoms with Gasteiger partial charge in [0.2, 0.25) is 5.91 Å². The van der Waals surface area contributed by atoms with Crippen LogP contribution >= 0.6 is 0 Å². The lowest BCUT2D eigenvalue weighted by Gasteiger charge is -2.20. The highest BCUT2D eigenvalue weighted by atomic mass is 16.1. The Labute approximate surface area is 116 Å². The van der Waals surface area contributed by atoms with E-state index in [0.29, 0.717) is 6.54 Å². The first-order valence-electron chi connectivity index (χ1n) is 6.75. The fourth-order valence-electron chi connectivity index (χ4n) is 1.89. The smallest absolute Gasteiger partial charge is 0.224 e. The Morgan fingerprint density at radius 1 is 1.32 bits per heavy atom. The Bertz CT molecular complexity index is 378. The molecule has 0 aliphatic carbocycles. The highest BCUT2D eigenvalue weighted by Crippen LogP contribution is 2.18. The average molecular weight is 263 g/mol. The van der Waals surface area contributed by atoms with Crippen molar-refractivity contribution in [2.24, 2.45) is 11.7 Å². The molecule has 0 fully saturated rings. The second-order valence-corrected chi connectivity index (χ2v) is 5.17. The quantitative estimate of drug-likeness (QED) is 0.731. The van der Waals surface area contributed by atoms with Crippen molar-refractivity contribution in [2.45, 2.75) is 19.4 Å². The van der Waals surface area contributed by atoms with Crippen LogP contribution in [0, 0.1) is 5.92 Å². The lowest BCUT2D eigenvalue weighted by atomic mass is 9.95. The topological polar surface area (TPSA) is 58.4 Å². The number of nitrogens with zero attached hydrogens (tertiary/aromatic N) is 1. The van der Waals surface area contributed by atoms with E-state index in [9.17, 15) is 4.79 Å². The maximum absolute atomic E-state index is 12.0. The second kappa shape index (κ2) is 7.92. The Balaban J connectivity index is 2.40. The van der Waals surface area contributed by atoms with Gasteiger partial charge in [-0.3, -0.25) is 4.79 Å². The lowest BCUT2D eigenvalue weighted by Crippen LogP contribution is -2.36. The molecule has 4 nitrogen and oxygen atoms in total. The number of nitrogens with one attached hydrogen (secondary N) is 1. The molecule has 106 valence electrons. The molecule has 0 bridgehead atoms. The minimum absolute atomic E-state index is 0.0232. The molecule has 2 unspecified atom stereocenters. The molecular formula is C15H25N3O. The van der Waals surface area contributed by atoms with E-state index < -0.39 is 0 Å². The van der Waals surface area contributed by atoms with Gasteiger partial charge < -0.3 is 16.0 Å². The zero-order valence-corrected chi connectivity index (χ0v) is 12.1. The predicted molar refractivity (Wildman–Crippen MR) is 78.7 cm³/mol. The fraction of sp³-hybridized carbons (Fsp3) is 0.533. The van der Waals surface area contributed by atoms with Gasteiger partial charge in [-0.05, 0) is 32.6 Å². The Hall–Kier alpha value is -1.39. The van der Waals surface area contributed by atoms with Crippen molar-refractivity contribution in [3.63, 3.8) is 0 Å². The highest BCUT2D eigenvalue weighted by molar-refractivity contribution is 5.79. The summed E-state index contributed by atoms with van der Waals surface area (Å²) in [6, 6.07) is 9.49. The summed E-state index contributed by atoms with van der Waals surface area (Å²) in [5, 5.41) is 2.94. The summed E-state index contributed by atoms with van der Waals surface area (Å²) in [4.78, 5) is 14.1. The van der Waals surface area contributed by atoms with Gasteiger partial charge in [-0.2, -0.15) is 0 Å². The van der Waals surface area contributed by atoms with Crippen LogP contribution in [0.4, 0.5) is 0 Å². The van der Waals surface area contributed by atoms with Gasteiger partial charge in [-0.15, -0.1) is 0 Å². The van der Waals surface area contributed by atoms with Gasteiger partial charge in [0.05, 0.1) is 5.92 Å². The molecule has 0 radical (unpaired) electrons. The highest BCUT2D eigenvalue weighted by Gasteiger charge is 2.21. The molecular weight excluding hydrogens is 238 g/mol. The molecule has 0 aliphatic heterocycles. The largest absolute Gasteiger partial charge is 0.356 e. The summed E-state index contributed by atoms with van der Waals surface area (Å²) in [7, 11) is 4.05. The Kier molecular flexibility index (Phi) is 6.53. The van der Waals surface area contributed by atoms with Gasteiger partial charge in [0.25, 0.3) is 0 Å². The van der Waals surface area contributed by atoms with E-state index >= 15 is 0 Å². The maximum Gasteiger partial charge on any atom is 0.224 e. The minimum atomic E-state index is -0.255. The third-order valence-corrected chi connectivity index (χ3v) is 3.22. The van der Waals surface area contributed by atoms with E-state index in [-0.39, 0.29) is 17.9 Å². The number of carbonyl (C=O) groups excluding carboxylic acids is 1. The lowest BCUT2D eigenvalue weighted by molar-refractivity contribution is -0.125. The Morgan fingerprint density at radius 2 is 1.95 bits per heavy atom. The fourth-order valence-corrected chi connectivity index (χ4v) is 1.89. The number of nitrogens with two attached hydrogens (primary N) is 1. The SMILES string of the molecule is CC(C(=O)NCCCN(C)C)C(N)c1ccccc1. The first-order valence-corrected chi connectivity index (χ1v) is 6.75.